The lowest BCUT2D eigenvalue weighted by molar-refractivity contribution is -0.134. The third-order valence-corrected chi connectivity index (χ3v) is 4.76. The van der Waals surface area contributed by atoms with Gasteiger partial charge in [0.25, 0.3) is 5.91 Å². The minimum atomic E-state index is -1.07. The van der Waals surface area contributed by atoms with E-state index in [9.17, 15) is 19.5 Å². The molecule has 0 aromatic heterocycles. The molecular formula is C19H30N2O5. The van der Waals surface area contributed by atoms with E-state index < -0.39 is 30.1 Å². The van der Waals surface area contributed by atoms with E-state index in [4.69, 9.17) is 4.74 Å². The predicted octanol–water partition coefficient (Wildman–Crippen LogP) is 1.34. The second-order valence-corrected chi connectivity index (χ2v) is 7.77. The Hall–Kier alpha value is -1.89. The SMILES string of the molecule is CC1(C)CC(=O)C=C(C(=O)N[C@@H](CO)C(=O)NC2CCCCCCC2)O1. The number of amides is 2. The summed E-state index contributed by atoms with van der Waals surface area (Å²) < 4.78 is 5.53. The van der Waals surface area contributed by atoms with Gasteiger partial charge in [0.1, 0.15) is 11.6 Å². The van der Waals surface area contributed by atoms with E-state index >= 15 is 0 Å². The Kier molecular flexibility index (Phi) is 7.20. The number of allylic oxidation sites excluding steroid dienone is 1. The summed E-state index contributed by atoms with van der Waals surface area (Å²) in [4.78, 5) is 36.5. The van der Waals surface area contributed by atoms with Gasteiger partial charge >= 0.3 is 0 Å². The molecule has 0 bridgehead atoms. The number of nitrogens with one attached hydrogen (secondary N) is 2. The summed E-state index contributed by atoms with van der Waals surface area (Å²) in [5.41, 5.74) is -0.770. The van der Waals surface area contributed by atoms with E-state index in [0.29, 0.717) is 0 Å². The fourth-order valence-electron chi connectivity index (χ4n) is 3.42. The van der Waals surface area contributed by atoms with E-state index in [1.807, 2.05) is 0 Å². The second-order valence-electron chi connectivity index (χ2n) is 7.77. The number of rotatable bonds is 5. The molecule has 1 atom stereocenters. The average molecular weight is 366 g/mol. The van der Waals surface area contributed by atoms with Gasteiger partial charge in [-0.2, -0.15) is 0 Å². The van der Waals surface area contributed by atoms with Crippen molar-refractivity contribution in [3.05, 3.63) is 11.8 Å². The first-order valence-corrected chi connectivity index (χ1v) is 9.46. The molecule has 2 amide bonds. The molecule has 0 radical (unpaired) electrons. The van der Waals surface area contributed by atoms with Gasteiger partial charge in [-0.1, -0.05) is 32.1 Å². The minimum absolute atomic E-state index is 0.0689. The molecule has 2 aliphatic rings. The zero-order valence-electron chi connectivity index (χ0n) is 15.7. The molecule has 0 aromatic carbocycles. The molecule has 1 aliphatic carbocycles. The highest BCUT2D eigenvalue weighted by atomic mass is 16.5. The molecule has 1 fully saturated rings. The molecule has 0 unspecified atom stereocenters. The number of aliphatic hydroxyl groups excluding tert-OH is 1. The Morgan fingerprint density at radius 2 is 1.85 bits per heavy atom. The number of carbonyl (C=O) groups excluding carboxylic acids is 3. The van der Waals surface area contributed by atoms with Crippen molar-refractivity contribution in [1.82, 2.24) is 10.6 Å². The van der Waals surface area contributed by atoms with Crippen molar-refractivity contribution in [2.45, 2.75) is 82.9 Å². The van der Waals surface area contributed by atoms with E-state index in [1.165, 1.54) is 19.3 Å². The van der Waals surface area contributed by atoms with E-state index in [0.717, 1.165) is 31.8 Å². The van der Waals surface area contributed by atoms with Gasteiger partial charge in [0.05, 0.1) is 6.61 Å². The van der Waals surface area contributed by atoms with Gasteiger partial charge in [0.15, 0.2) is 11.5 Å². The van der Waals surface area contributed by atoms with Crippen molar-refractivity contribution in [2.24, 2.45) is 0 Å². The maximum absolute atomic E-state index is 12.4. The van der Waals surface area contributed by atoms with Crippen molar-refractivity contribution in [2.75, 3.05) is 6.61 Å². The van der Waals surface area contributed by atoms with Crippen LogP contribution >= 0.6 is 0 Å². The Morgan fingerprint density at radius 3 is 2.42 bits per heavy atom. The molecule has 0 spiro atoms. The van der Waals surface area contributed by atoms with Gasteiger partial charge in [-0.25, -0.2) is 0 Å². The smallest absolute Gasteiger partial charge is 0.287 e. The summed E-state index contributed by atoms with van der Waals surface area (Å²) in [5.74, 6) is -1.40. The molecule has 2 rings (SSSR count). The van der Waals surface area contributed by atoms with Gasteiger partial charge in [0, 0.05) is 18.5 Å². The van der Waals surface area contributed by atoms with Crippen LogP contribution in [0.15, 0.2) is 11.8 Å². The van der Waals surface area contributed by atoms with Crippen LogP contribution in [0.5, 0.6) is 0 Å². The number of ketones is 1. The maximum Gasteiger partial charge on any atom is 0.287 e. The average Bonchev–Trinajstić information content (AvgIpc) is 2.52. The van der Waals surface area contributed by atoms with Gasteiger partial charge in [-0.3, -0.25) is 14.4 Å². The monoisotopic (exact) mass is 366 g/mol. The first kappa shape index (κ1) is 20.4. The first-order valence-electron chi connectivity index (χ1n) is 9.46. The van der Waals surface area contributed by atoms with Crippen LogP contribution in [0.4, 0.5) is 0 Å². The Bertz CT molecular complexity index is 562. The molecule has 1 heterocycles. The molecule has 1 aliphatic heterocycles. The Labute approximate surface area is 154 Å². The molecule has 0 aromatic rings. The summed E-state index contributed by atoms with van der Waals surface area (Å²) in [6, 6.07) is -1.00. The van der Waals surface area contributed by atoms with Crippen LogP contribution < -0.4 is 10.6 Å². The Morgan fingerprint density at radius 1 is 1.23 bits per heavy atom. The summed E-state index contributed by atoms with van der Waals surface area (Å²) in [6.07, 6.45) is 8.86. The molecule has 1 saturated carbocycles. The lowest BCUT2D eigenvalue weighted by Gasteiger charge is -2.30. The highest BCUT2D eigenvalue weighted by Gasteiger charge is 2.33. The number of carbonyl (C=O) groups is 3. The topological polar surface area (TPSA) is 105 Å². The molecular weight excluding hydrogens is 336 g/mol. The summed E-state index contributed by atoms with van der Waals surface area (Å²) >= 11 is 0. The molecule has 3 N–H and O–H groups in total. The maximum atomic E-state index is 12.4. The van der Waals surface area contributed by atoms with Crippen LogP contribution in [-0.4, -0.2) is 47.0 Å². The van der Waals surface area contributed by atoms with Crippen LogP contribution in [0.2, 0.25) is 0 Å². The Balaban J connectivity index is 1.93. The van der Waals surface area contributed by atoms with Crippen LogP contribution in [0.25, 0.3) is 0 Å². The van der Waals surface area contributed by atoms with Gasteiger partial charge in [0.2, 0.25) is 5.91 Å². The van der Waals surface area contributed by atoms with Crippen molar-refractivity contribution in [1.29, 1.82) is 0 Å². The minimum Gasteiger partial charge on any atom is -0.482 e. The third kappa shape index (κ3) is 6.12. The quantitative estimate of drug-likeness (QED) is 0.681. The lowest BCUT2D eigenvalue weighted by Crippen LogP contribution is -2.52. The third-order valence-electron chi connectivity index (χ3n) is 4.76. The highest BCUT2D eigenvalue weighted by Crippen LogP contribution is 2.24. The second kappa shape index (κ2) is 9.16. The highest BCUT2D eigenvalue weighted by molar-refractivity contribution is 6.03. The van der Waals surface area contributed by atoms with Crippen LogP contribution in [0, 0.1) is 0 Å². The van der Waals surface area contributed by atoms with Gasteiger partial charge in [-0.05, 0) is 26.7 Å². The summed E-state index contributed by atoms with van der Waals surface area (Å²) in [6.45, 7) is 2.92. The van der Waals surface area contributed by atoms with E-state index in [-0.39, 0.29) is 24.0 Å². The molecule has 7 heteroatoms. The molecule has 7 nitrogen and oxygen atoms in total. The molecule has 26 heavy (non-hydrogen) atoms. The summed E-state index contributed by atoms with van der Waals surface area (Å²) in [5, 5.41) is 14.9. The van der Waals surface area contributed by atoms with Crippen LogP contribution in [-0.2, 0) is 19.1 Å². The number of ether oxygens (including phenoxy) is 1. The first-order chi connectivity index (χ1) is 12.3. The predicted molar refractivity (Wildman–Crippen MR) is 96.1 cm³/mol. The zero-order valence-corrected chi connectivity index (χ0v) is 15.7. The van der Waals surface area contributed by atoms with Crippen LogP contribution in [0.1, 0.15) is 65.2 Å². The summed E-state index contributed by atoms with van der Waals surface area (Å²) in [7, 11) is 0. The van der Waals surface area contributed by atoms with Gasteiger partial charge < -0.3 is 20.5 Å². The normalized spacial score (nSPS) is 22.3. The fraction of sp³-hybridized carbons (Fsp3) is 0.737. The molecule has 0 saturated heterocycles. The largest absolute Gasteiger partial charge is 0.482 e. The van der Waals surface area contributed by atoms with E-state index in [1.54, 1.807) is 13.8 Å². The van der Waals surface area contributed by atoms with Crippen molar-refractivity contribution < 1.29 is 24.2 Å². The van der Waals surface area contributed by atoms with Gasteiger partial charge in [-0.15, -0.1) is 0 Å². The lowest BCUT2D eigenvalue weighted by atomic mass is 9.96. The van der Waals surface area contributed by atoms with Crippen molar-refractivity contribution >= 4 is 17.6 Å². The van der Waals surface area contributed by atoms with Crippen molar-refractivity contribution in [3.8, 4) is 0 Å². The van der Waals surface area contributed by atoms with Crippen LogP contribution in [0.3, 0.4) is 0 Å². The zero-order chi connectivity index (χ0) is 19.2. The molecule has 146 valence electrons. The fourth-order valence-corrected chi connectivity index (χ4v) is 3.42. The number of hydrogen-bond donors (Lipinski definition) is 3. The van der Waals surface area contributed by atoms with E-state index in [2.05, 4.69) is 10.6 Å². The van der Waals surface area contributed by atoms with Crippen molar-refractivity contribution in [3.63, 3.8) is 0 Å². The standard InChI is InChI=1S/C19H30N2O5/c1-19(2)11-14(23)10-16(26-19)18(25)21-15(12-22)17(24)20-13-8-6-4-3-5-7-9-13/h10,13,15,22H,3-9,11-12H2,1-2H3,(H,20,24)(H,21,25)/t15-/m0/s1. The number of hydrogen-bond acceptors (Lipinski definition) is 5. The number of aliphatic hydroxyl groups is 1.